The molecule has 0 aliphatic carbocycles. The van der Waals surface area contributed by atoms with Gasteiger partial charge in [-0.15, -0.1) is 0 Å². The number of carbonyl (C=O) groups excluding carboxylic acids is 1. The SMILES string of the molecule is CCc1noc(CC)c1CC(=O)N1Cc2ccccc2N(C)CC1C. The Morgan fingerprint density at radius 1 is 1.28 bits per heavy atom. The van der Waals surface area contributed by atoms with Crippen LogP contribution in [0.4, 0.5) is 5.69 Å². The van der Waals surface area contributed by atoms with Gasteiger partial charge in [-0.25, -0.2) is 0 Å². The number of para-hydroxylation sites is 1. The Hall–Kier alpha value is -2.30. The zero-order valence-electron chi connectivity index (χ0n) is 15.6. The van der Waals surface area contributed by atoms with E-state index in [9.17, 15) is 4.79 Å². The van der Waals surface area contributed by atoms with Gasteiger partial charge in [-0.1, -0.05) is 37.2 Å². The third-order valence-electron chi connectivity index (χ3n) is 5.07. The first kappa shape index (κ1) is 17.5. The van der Waals surface area contributed by atoms with Crippen LogP contribution in [0.25, 0.3) is 0 Å². The van der Waals surface area contributed by atoms with Gasteiger partial charge in [0.15, 0.2) is 0 Å². The second-order valence-corrected chi connectivity index (χ2v) is 6.79. The van der Waals surface area contributed by atoms with E-state index in [0.29, 0.717) is 13.0 Å². The number of amides is 1. The number of hydrogen-bond donors (Lipinski definition) is 0. The van der Waals surface area contributed by atoms with Gasteiger partial charge in [0.2, 0.25) is 5.91 Å². The maximum absolute atomic E-state index is 13.1. The lowest BCUT2D eigenvalue weighted by Gasteiger charge is -2.28. The van der Waals surface area contributed by atoms with Gasteiger partial charge in [0.05, 0.1) is 12.1 Å². The number of benzene rings is 1. The van der Waals surface area contributed by atoms with Crippen molar-refractivity contribution >= 4 is 11.6 Å². The Labute approximate surface area is 149 Å². The standard InChI is InChI=1S/C20H27N3O2/c1-5-17-16(19(6-2)25-21-17)11-20(24)23-13-15-9-7-8-10-18(15)22(4)12-14(23)3/h7-10,14H,5-6,11-13H2,1-4H3. The van der Waals surface area contributed by atoms with Crippen LogP contribution >= 0.6 is 0 Å². The van der Waals surface area contributed by atoms with E-state index in [1.54, 1.807) is 0 Å². The molecule has 0 saturated heterocycles. The Kier molecular flexibility index (Phi) is 5.11. The normalized spacial score (nSPS) is 17.4. The molecule has 25 heavy (non-hydrogen) atoms. The largest absolute Gasteiger partial charge is 0.372 e. The molecule has 1 amide bonds. The summed E-state index contributed by atoms with van der Waals surface area (Å²) in [5.41, 5.74) is 4.29. The fourth-order valence-electron chi connectivity index (χ4n) is 3.67. The number of anilines is 1. The van der Waals surface area contributed by atoms with Gasteiger partial charge in [0, 0.05) is 43.9 Å². The molecule has 1 atom stereocenters. The number of hydrogen-bond acceptors (Lipinski definition) is 4. The van der Waals surface area contributed by atoms with E-state index in [-0.39, 0.29) is 11.9 Å². The molecule has 2 aromatic rings. The van der Waals surface area contributed by atoms with Crippen LogP contribution in [0.5, 0.6) is 0 Å². The van der Waals surface area contributed by atoms with E-state index >= 15 is 0 Å². The number of aromatic nitrogens is 1. The van der Waals surface area contributed by atoms with Crippen LogP contribution in [-0.4, -0.2) is 35.6 Å². The summed E-state index contributed by atoms with van der Waals surface area (Å²) in [5.74, 6) is 0.982. The highest BCUT2D eigenvalue weighted by Gasteiger charge is 2.28. The van der Waals surface area contributed by atoms with Crippen molar-refractivity contribution in [3.05, 3.63) is 46.8 Å². The number of likely N-dealkylation sites (N-methyl/N-ethyl adjacent to an activating group) is 1. The summed E-state index contributed by atoms with van der Waals surface area (Å²) in [7, 11) is 2.09. The van der Waals surface area contributed by atoms with Crippen molar-refractivity contribution in [2.24, 2.45) is 0 Å². The molecule has 1 unspecified atom stereocenters. The number of carbonyl (C=O) groups is 1. The summed E-state index contributed by atoms with van der Waals surface area (Å²) >= 11 is 0. The van der Waals surface area contributed by atoms with Crippen LogP contribution in [0.3, 0.4) is 0 Å². The van der Waals surface area contributed by atoms with Crippen molar-refractivity contribution in [1.29, 1.82) is 0 Å². The third-order valence-corrected chi connectivity index (χ3v) is 5.07. The first-order valence-corrected chi connectivity index (χ1v) is 9.09. The number of fused-ring (bicyclic) bond motifs is 1. The summed E-state index contributed by atoms with van der Waals surface area (Å²) < 4.78 is 5.42. The quantitative estimate of drug-likeness (QED) is 0.857. The van der Waals surface area contributed by atoms with Gasteiger partial charge in [-0.05, 0) is 25.0 Å². The molecule has 0 spiro atoms. The predicted octanol–water partition coefficient (Wildman–Crippen LogP) is 3.21. The summed E-state index contributed by atoms with van der Waals surface area (Å²) in [6.07, 6.45) is 1.91. The Bertz CT molecular complexity index is 732. The number of aryl methyl sites for hydroxylation is 2. The molecule has 0 bridgehead atoms. The second-order valence-electron chi connectivity index (χ2n) is 6.79. The first-order chi connectivity index (χ1) is 12.0. The van der Waals surface area contributed by atoms with Gasteiger partial charge in [-0.3, -0.25) is 4.79 Å². The molecule has 3 rings (SSSR count). The van der Waals surface area contributed by atoms with E-state index in [4.69, 9.17) is 4.52 Å². The number of nitrogens with zero attached hydrogens (tertiary/aromatic N) is 3. The Balaban J connectivity index is 1.86. The molecule has 0 N–H and O–H groups in total. The van der Waals surface area contributed by atoms with E-state index in [1.807, 2.05) is 24.8 Å². The zero-order valence-corrected chi connectivity index (χ0v) is 15.6. The Morgan fingerprint density at radius 2 is 2.04 bits per heavy atom. The third kappa shape index (κ3) is 3.41. The van der Waals surface area contributed by atoms with E-state index in [0.717, 1.165) is 36.4 Å². The summed E-state index contributed by atoms with van der Waals surface area (Å²) in [6.45, 7) is 7.68. The lowest BCUT2D eigenvalue weighted by molar-refractivity contribution is -0.132. The minimum absolute atomic E-state index is 0.144. The lowest BCUT2D eigenvalue weighted by atomic mass is 10.0. The van der Waals surface area contributed by atoms with Gasteiger partial charge in [0.25, 0.3) is 0 Å². The van der Waals surface area contributed by atoms with E-state index < -0.39 is 0 Å². The van der Waals surface area contributed by atoms with Gasteiger partial charge in [0.1, 0.15) is 5.76 Å². The minimum Gasteiger partial charge on any atom is -0.372 e. The van der Waals surface area contributed by atoms with Gasteiger partial charge >= 0.3 is 0 Å². The molecular weight excluding hydrogens is 314 g/mol. The molecule has 134 valence electrons. The number of rotatable bonds is 4. The van der Waals surface area contributed by atoms with Crippen molar-refractivity contribution in [2.45, 2.75) is 52.6 Å². The first-order valence-electron chi connectivity index (χ1n) is 9.09. The monoisotopic (exact) mass is 341 g/mol. The molecular formula is C20H27N3O2. The maximum atomic E-state index is 13.1. The van der Waals surface area contributed by atoms with Crippen molar-refractivity contribution < 1.29 is 9.32 Å². The van der Waals surface area contributed by atoms with Crippen molar-refractivity contribution in [1.82, 2.24) is 10.1 Å². The average Bonchev–Trinajstić information content (AvgIpc) is 2.95. The lowest BCUT2D eigenvalue weighted by Crippen LogP contribution is -2.42. The molecule has 1 aliphatic heterocycles. The second kappa shape index (κ2) is 7.30. The Morgan fingerprint density at radius 3 is 2.76 bits per heavy atom. The van der Waals surface area contributed by atoms with E-state index in [2.05, 4.69) is 42.2 Å². The molecule has 1 aliphatic rings. The van der Waals surface area contributed by atoms with Crippen LogP contribution in [-0.2, 0) is 30.6 Å². The highest BCUT2D eigenvalue weighted by Crippen LogP contribution is 2.27. The summed E-state index contributed by atoms with van der Waals surface area (Å²) in [6, 6.07) is 8.48. The molecule has 1 aromatic carbocycles. The van der Waals surface area contributed by atoms with Crippen LogP contribution < -0.4 is 4.90 Å². The molecule has 2 heterocycles. The van der Waals surface area contributed by atoms with Crippen LogP contribution in [0.2, 0.25) is 0 Å². The summed E-state index contributed by atoms with van der Waals surface area (Å²) in [5, 5.41) is 4.14. The smallest absolute Gasteiger partial charge is 0.227 e. The summed E-state index contributed by atoms with van der Waals surface area (Å²) in [4.78, 5) is 17.4. The van der Waals surface area contributed by atoms with E-state index in [1.165, 1.54) is 11.3 Å². The fraction of sp³-hybridized carbons (Fsp3) is 0.500. The molecule has 0 saturated carbocycles. The van der Waals surface area contributed by atoms with Crippen LogP contribution in [0.15, 0.2) is 28.8 Å². The maximum Gasteiger partial charge on any atom is 0.227 e. The highest BCUT2D eigenvalue weighted by atomic mass is 16.5. The molecule has 1 aromatic heterocycles. The molecule has 5 heteroatoms. The van der Waals surface area contributed by atoms with Crippen molar-refractivity contribution in [3.63, 3.8) is 0 Å². The van der Waals surface area contributed by atoms with Crippen LogP contribution in [0.1, 0.15) is 43.4 Å². The van der Waals surface area contributed by atoms with Gasteiger partial charge in [-0.2, -0.15) is 0 Å². The van der Waals surface area contributed by atoms with Crippen molar-refractivity contribution in [3.8, 4) is 0 Å². The highest BCUT2D eigenvalue weighted by molar-refractivity contribution is 5.80. The molecule has 5 nitrogen and oxygen atoms in total. The molecule has 0 fully saturated rings. The van der Waals surface area contributed by atoms with Crippen LogP contribution in [0, 0.1) is 0 Å². The topological polar surface area (TPSA) is 49.6 Å². The van der Waals surface area contributed by atoms with Gasteiger partial charge < -0.3 is 14.3 Å². The average molecular weight is 341 g/mol. The predicted molar refractivity (Wildman–Crippen MR) is 98.7 cm³/mol. The zero-order chi connectivity index (χ0) is 18.0. The minimum atomic E-state index is 0.144. The fourth-order valence-corrected chi connectivity index (χ4v) is 3.67. The molecule has 0 radical (unpaired) electrons. The van der Waals surface area contributed by atoms with Crippen molar-refractivity contribution in [2.75, 3.05) is 18.5 Å².